The molecular weight excluding hydrogens is 346 g/mol. The molecule has 0 aliphatic rings. The zero-order valence-electron chi connectivity index (χ0n) is 15.3. The van der Waals surface area contributed by atoms with Crippen LogP contribution in [0.1, 0.15) is 11.1 Å². The van der Waals surface area contributed by atoms with Crippen LogP contribution >= 0.6 is 0 Å². The lowest BCUT2D eigenvalue weighted by molar-refractivity contribution is -0.150. The molecule has 1 N–H and O–H groups in total. The highest BCUT2D eigenvalue weighted by Gasteiger charge is 2.10. The molecule has 0 radical (unpaired) electrons. The van der Waals surface area contributed by atoms with Gasteiger partial charge in [-0.2, -0.15) is 5.26 Å². The van der Waals surface area contributed by atoms with Crippen LogP contribution < -0.4 is 15.0 Å². The molecule has 0 bridgehead atoms. The number of rotatable bonds is 8. The van der Waals surface area contributed by atoms with Gasteiger partial charge in [-0.1, -0.05) is 24.3 Å². The van der Waals surface area contributed by atoms with E-state index in [1.807, 2.05) is 49.3 Å². The van der Waals surface area contributed by atoms with E-state index in [4.69, 9.17) is 14.7 Å². The van der Waals surface area contributed by atoms with Crippen LogP contribution in [0.2, 0.25) is 0 Å². The molecule has 0 fully saturated rings. The summed E-state index contributed by atoms with van der Waals surface area (Å²) in [5.41, 5.74) is 2.33. The fourth-order valence-electron chi connectivity index (χ4n) is 2.17. The Hall–Kier alpha value is -3.53. The van der Waals surface area contributed by atoms with Crippen LogP contribution in [0.25, 0.3) is 0 Å². The minimum absolute atomic E-state index is 0.294. The van der Waals surface area contributed by atoms with E-state index in [0.717, 1.165) is 11.3 Å². The van der Waals surface area contributed by atoms with Gasteiger partial charge in [0.15, 0.2) is 13.2 Å². The number of esters is 1. The van der Waals surface area contributed by atoms with Crippen LogP contribution in [0.4, 0.5) is 5.69 Å². The van der Waals surface area contributed by atoms with Crippen LogP contribution in [0.15, 0.2) is 48.5 Å². The molecule has 7 heteroatoms. The van der Waals surface area contributed by atoms with Crippen molar-refractivity contribution in [3.8, 4) is 11.8 Å². The van der Waals surface area contributed by atoms with E-state index in [1.165, 1.54) is 0 Å². The van der Waals surface area contributed by atoms with E-state index in [2.05, 4.69) is 5.32 Å². The van der Waals surface area contributed by atoms with E-state index < -0.39 is 18.5 Å². The lowest BCUT2D eigenvalue weighted by Gasteiger charge is -2.13. The number of anilines is 1. The molecule has 0 unspecified atom stereocenters. The number of amides is 1. The number of benzene rings is 2. The maximum absolute atomic E-state index is 11.8. The molecule has 0 aliphatic heterocycles. The summed E-state index contributed by atoms with van der Waals surface area (Å²) < 4.78 is 10.1. The van der Waals surface area contributed by atoms with Gasteiger partial charge < -0.3 is 19.7 Å². The predicted octanol–water partition coefficient (Wildman–Crippen LogP) is 1.86. The SMILES string of the molecule is CN(C)c1ccc(CNC(=O)COC(=O)COc2ccccc2C#N)cc1. The number of carbonyl (C=O) groups is 2. The number of nitrogens with one attached hydrogen (secondary N) is 1. The molecule has 0 heterocycles. The molecule has 0 spiro atoms. The first kappa shape index (κ1) is 19.8. The topological polar surface area (TPSA) is 91.7 Å². The number of hydrogen-bond acceptors (Lipinski definition) is 6. The Labute approximate surface area is 158 Å². The van der Waals surface area contributed by atoms with Gasteiger partial charge in [-0.15, -0.1) is 0 Å². The molecule has 0 saturated heterocycles. The van der Waals surface area contributed by atoms with E-state index in [1.54, 1.807) is 24.3 Å². The monoisotopic (exact) mass is 367 g/mol. The van der Waals surface area contributed by atoms with Crippen LogP contribution in [-0.2, 0) is 20.9 Å². The highest BCUT2D eigenvalue weighted by Crippen LogP contribution is 2.16. The first-order chi connectivity index (χ1) is 13.0. The number of para-hydroxylation sites is 1. The minimum Gasteiger partial charge on any atom is -0.481 e. The van der Waals surface area contributed by atoms with Crippen LogP contribution in [0.5, 0.6) is 5.75 Å². The Morgan fingerprint density at radius 1 is 1.07 bits per heavy atom. The molecule has 1 amide bonds. The molecule has 2 aromatic rings. The van der Waals surface area contributed by atoms with Crippen molar-refractivity contribution in [2.45, 2.75) is 6.54 Å². The Balaban J connectivity index is 1.70. The van der Waals surface area contributed by atoms with Gasteiger partial charge in [0, 0.05) is 26.3 Å². The third-order valence-electron chi connectivity index (χ3n) is 3.66. The molecule has 27 heavy (non-hydrogen) atoms. The summed E-state index contributed by atoms with van der Waals surface area (Å²) in [7, 11) is 3.90. The zero-order valence-corrected chi connectivity index (χ0v) is 15.3. The molecule has 140 valence electrons. The van der Waals surface area contributed by atoms with Crippen molar-refractivity contribution >= 4 is 17.6 Å². The molecule has 0 atom stereocenters. The summed E-state index contributed by atoms with van der Waals surface area (Å²) in [5, 5.41) is 11.6. The smallest absolute Gasteiger partial charge is 0.344 e. The average Bonchev–Trinajstić information content (AvgIpc) is 2.69. The van der Waals surface area contributed by atoms with Gasteiger partial charge in [0.05, 0.1) is 5.56 Å². The number of nitriles is 1. The average molecular weight is 367 g/mol. The maximum atomic E-state index is 11.8. The molecule has 2 rings (SSSR count). The molecule has 0 aliphatic carbocycles. The third kappa shape index (κ3) is 6.36. The van der Waals surface area contributed by atoms with Gasteiger partial charge in [0.2, 0.25) is 0 Å². The largest absolute Gasteiger partial charge is 0.481 e. The fourth-order valence-corrected chi connectivity index (χ4v) is 2.17. The minimum atomic E-state index is -0.687. The summed E-state index contributed by atoms with van der Waals surface area (Å²) in [4.78, 5) is 25.5. The molecule has 0 saturated carbocycles. The van der Waals surface area contributed by atoms with Crippen LogP contribution in [0, 0.1) is 11.3 Å². The summed E-state index contributed by atoms with van der Waals surface area (Å²) >= 11 is 0. The van der Waals surface area contributed by atoms with Crippen molar-refractivity contribution in [3.05, 3.63) is 59.7 Å². The molecule has 0 aromatic heterocycles. The Bertz CT molecular complexity index is 826. The summed E-state index contributed by atoms with van der Waals surface area (Å²) in [6.07, 6.45) is 0. The zero-order chi connectivity index (χ0) is 19.6. The number of ether oxygens (including phenoxy) is 2. The van der Waals surface area contributed by atoms with Gasteiger partial charge >= 0.3 is 5.97 Å². The maximum Gasteiger partial charge on any atom is 0.344 e. The highest BCUT2D eigenvalue weighted by atomic mass is 16.6. The van der Waals surface area contributed by atoms with Gasteiger partial charge in [-0.05, 0) is 29.8 Å². The van der Waals surface area contributed by atoms with Gasteiger partial charge in [-0.25, -0.2) is 4.79 Å². The first-order valence-electron chi connectivity index (χ1n) is 8.30. The lowest BCUT2D eigenvalue weighted by atomic mass is 10.2. The van der Waals surface area contributed by atoms with Crippen molar-refractivity contribution in [2.75, 3.05) is 32.2 Å². The van der Waals surface area contributed by atoms with E-state index in [-0.39, 0.29) is 6.61 Å². The standard InChI is InChI=1S/C20H21N3O4/c1-23(2)17-9-7-15(8-10-17)12-22-19(24)13-27-20(25)14-26-18-6-4-3-5-16(18)11-21/h3-10H,12-14H2,1-2H3,(H,22,24). The van der Waals surface area contributed by atoms with E-state index in [9.17, 15) is 9.59 Å². The summed E-state index contributed by atoms with van der Waals surface area (Å²) in [5.74, 6) is -0.798. The fraction of sp³-hybridized carbons (Fsp3) is 0.250. The highest BCUT2D eigenvalue weighted by molar-refractivity contribution is 5.80. The lowest BCUT2D eigenvalue weighted by Crippen LogP contribution is -2.29. The van der Waals surface area contributed by atoms with Gasteiger partial charge in [-0.3, -0.25) is 4.79 Å². The number of hydrogen-bond donors (Lipinski definition) is 1. The molecular formula is C20H21N3O4. The second-order valence-electron chi connectivity index (χ2n) is 5.89. The molecule has 7 nitrogen and oxygen atoms in total. The third-order valence-corrected chi connectivity index (χ3v) is 3.66. The van der Waals surface area contributed by atoms with Gasteiger partial charge in [0.1, 0.15) is 11.8 Å². The van der Waals surface area contributed by atoms with Gasteiger partial charge in [0.25, 0.3) is 5.91 Å². The van der Waals surface area contributed by atoms with Crippen molar-refractivity contribution < 1.29 is 19.1 Å². The van der Waals surface area contributed by atoms with Crippen molar-refractivity contribution in [2.24, 2.45) is 0 Å². The summed E-state index contributed by atoms with van der Waals surface area (Å²) in [6.45, 7) is -0.425. The quantitative estimate of drug-likeness (QED) is 0.716. The van der Waals surface area contributed by atoms with Crippen molar-refractivity contribution in [3.63, 3.8) is 0 Å². The van der Waals surface area contributed by atoms with Crippen molar-refractivity contribution in [1.29, 1.82) is 5.26 Å². The first-order valence-corrected chi connectivity index (χ1v) is 8.30. The normalized spacial score (nSPS) is 9.81. The predicted molar refractivity (Wildman–Crippen MR) is 100 cm³/mol. The van der Waals surface area contributed by atoms with E-state index in [0.29, 0.717) is 17.9 Å². The second kappa shape index (κ2) is 9.82. The van der Waals surface area contributed by atoms with Crippen LogP contribution in [-0.4, -0.2) is 39.2 Å². The number of nitrogens with zero attached hydrogens (tertiary/aromatic N) is 2. The van der Waals surface area contributed by atoms with Crippen LogP contribution in [0.3, 0.4) is 0 Å². The number of carbonyl (C=O) groups excluding carboxylic acids is 2. The Morgan fingerprint density at radius 3 is 2.44 bits per heavy atom. The Morgan fingerprint density at radius 2 is 1.78 bits per heavy atom. The summed E-state index contributed by atoms with van der Waals surface area (Å²) in [6, 6.07) is 16.3. The molecule has 2 aromatic carbocycles. The Kier molecular flexibility index (Phi) is 7.20. The van der Waals surface area contributed by atoms with E-state index >= 15 is 0 Å². The second-order valence-corrected chi connectivity index (χ2v) is 5.89. The van der Waals surface area contributed by atoms with Crippen molar-refractivity contribution in [1.82, 2.24) is 5.32 Å².